The average Bonchev–Trinajstić information content (AvgIpc) is 3.52. The molecular weight excluding hydrogens is 431 g/mol. The number of aryl methyl sites for hydroxylation is 1. The standard InChI is InChI=1S/C23H23NO3.C5H10FN/c1-15-8-9-17(26-2)13-20(15)22(25)24-23(10-11-23)21-14-18(27-3)12-16-6-4-5-7-19(16)21;1-7-3-2-5(6)4-7/h4-9,12-14H,10-11H2,1-3H3,(H,24,25);5H,2-4H2,1H3. The molecule has 1 aliphatic carbocycles. The minimum Gasteiger partial charge on any atom is -0.497 e. The Bertz CT molecular complexity index is 1170. The Hall–Kier alpha value is -3.12. The molecule has 2 aliphatic rings. The van der Waals surface area contributed by atoms with E-state index in [9.17, 15) is 9.18 Å². The number of carbonyl (C=O) groups excluding carboxylic acids is 1. The number of methoxy groups -OCH3 is 2. The molecule has 0 spiro atoms. The van der Waals surface area contributed by atoms with Gasteiger partial charge in [-0.05, 0) is 79.4 Å². The van der Waals surface area contributed by atoms with Crippen LogP contribution < -0.4 is 14.8 Å². The molecule has 5 nitrogen and oxygen atoms in total. The molecule has 2 fully saturated rings. The lowest BCUT2D eigenvalue weighted by Crippen LogP contribution is -2.35. The lowest BCUT2D eigenvalue weighted by atomic mass is 9.95. The summed E-state index contributed by atoms with van der Waals surface area (Å²) in [5.41, 5.74) is 2.35. The molecule has 1 amide bonds. The number of hydrogen-bond acceptors (Lipinski definition) is 4. The third-order valence-electron chi connectivity index (χ3n) is 6.71. The van der Waals surface area contributed by atoms with Crippen molar-refractivity contribution in [1.29, 1.82) is 0 Å². The Morgan fingerprint density at radius 3 is 2.38 bits per heavy atom. The number of nitrogens with zero attached hydrogens (tertiary/aromatic N) is 1. The van der Waals surface area contributed by atoms with E-state index < -0.39 is 6.17 Å². The molecule has 1 atom stereocenters. The zero-order chi connectivity index (χ0) is 24.3. The number of amides is 1. The second-order valence-electron chi connectivity index (χ2n) is 9.26. The largest absolute Gasteiger partial charge is 0.497 e. The summed E-state index contributed by atoms with van der Waals surface area (Å²) in [6.07, 6.45) is 2.01. The summed E-state index contributed by atoms with van der Waals surface area (Å²) in [5, 5.41) is 5.55. The monoisotopic (exact) mass is 464 g/mol. The highest BCUT2D eigenvalue weighted by Crippen LogP contribution is 2.49. The molecular formula is C28H33FN2O3. The van der Waals surface area contributed by atoms with Gasteiger partial charge in [-0.3, -0.25) is 4.79 Å². The summed E-state index contributed by atoms with van der Waals surface area (Å²) in [6, 6.07) is 17.9. The van der Waals surface area contributed by atoms with Crippen LogP contribution in [-0.2, 0) is 5.54 Å². The van der Waals surface area contributed by atoms with E-state index in [0.717, 1.165) is 53.5 Å². The van der Waals surface area contributed by atoms with Crippen LogP contribution in [0.25, 0.3) is 10.8 Å². The molecule has 1 saturated heterocycles. The van der Waals surface area contributed by atoms with E-state index in [1.54, 1.807) is 20.3 Å². The van der Waals surface area contributed by atoms with Crippen molar-refractivity contribution in [2.24, 2.45) is 0 Å². The third kappa shape index (κ3) is 5.17. The highest BCUT2D eigenvalue weighted by molar-refractivity contribution is 5.98. The summed E-state index contributed by atoms with van der Waals surface area (Å²) >= 11 is 0. The van der Waals surface area contributed by atoms with E-state index in [1.807, 2.05) is 55.3 Å². The summed E-state index contributed by atoms with van der Waals surface area (Å²) < 4.78 is 22.9. The van der Waals surface area contributed by atoms with Crippen LogP contribution in [0.1, 0.15) is 40.7 Å². The molecule has 0 aromatic heterocycles. The Balaban J connectivity index is 0.000000336. The molecule has 1 aliphatic heterocycles. The molecule has 3 aromatic carbocycles. The number of benzene rings is 3. The first-order chi connectivity index (χ1) is 16.3. The maximum absolute atomic E-state index is 13.1. The Kier molecular flexibility index (Phi) is 7.08. The van der Waals surface area contributed by atoms with Gasteiger partial charge in [0, 0.05) is 18.7 Å². The smallest absolute Gasteiger partial charge is 0.252 e. The Labute approximate surface area is 200 Å². The third-order valence-corrected chi connectivity index (χ3v) is 6.71. The van der Waals surface area contributed by atoms with Crippen LogP contribution in [0.3, 0.4) is 0 Å². The van der Waals surface area contributed by atoms with Crippen molar-refractivity contribution in [2.75, 3.05) is 34.4 Å². The number of carbonyl (C=O) groups is 1. The lowest BCUT2D eigenvalue weighted by molar-refractivity contribution is 0.0930. The van der Waals surface area contributed by atoms with Gasteiger partial charge in [0.15, 0.2) is 0 Å². The van der Waals surface area contributed by atoms with Gasteiger partial charge in [0.25, 0.3) is 5.91 Å². The highest BCUT2D eigenvalue weighted by Gasteiger charge is 2.47. The fourth-order valence-corrected chi connectivity index (χ4v) is 4.52. The number of likely N-dealkylation sites (tertiary alicyclic amines) is 1. The van der Waals surface area contributed by atoms with Gasteiger partial charge < -0.3 is 19.7 Å². The maximum Gasteiger partial charge on any atom is 0.252 e. The molecule has 1 saturated carbocycles. The molecule has 0 bridgehead atoms. The number of halogens is 1. The molecule has 3 aromatic rings. The molecule has 1 heterocycles. The van der Waals surface area contributed by atoms with Gasteiger partial charge in [0.2, 0.25) is 0 Å². The molecule has 6 heteroatoms. The van der Waals surface area contributed by atoms with E-state index in [0.29, 0.717) is 17.9 Å². The zero-order valence-electron chi connectivity index (χ0n) is 20.4. The first-order valence-electron chi connectivity index (χ1n) is 11.7. The molecule has 0 radical (unpaired) electrons. The predicted octanol–water partition coefficient (Wildman–Crippen LogP) is 5.24. The minimum absolute atomic E-state index is 0.0733. The van der Waals surface area contributed by atoms with E-state index >= 15 is 0 Å². The van der Waals surface area contributed by atoms with Crippen LogP contribution in [-0.4, -0.2) is 51.3 Å². The topological polar surface area (TPSA) is 50.8 Å². The molecule has 5 rings (SSSR count). The predicted molar refractivity (Wildman–Crippen MR) is 134 cm³/mol. The van der Waals surface area contributed by atoms with E-state index in [4.69, 9.17) is 9.47 Å². The molecule has 1 unspecified atom stereocenters. The number of ether oxygens (including phenoxy) is 2. The molecule has 34 heavy (non-hydrogen) atoms. The van der Waals surface area contributed by atoms with Crippen LogP contribution >= 0.6 is 0 Å². The first kappa shape index (κ1) is 24.0. The zero-order valence-corrected chi connectivity index (χ0v) is 20.4. The first-order valence-corrected chi connectivity index (χ1v) is 11.7. The van der Waals surface area contributed by atoms with E-state index in [2.05, 4.69) is 17.4 Å². The number of hydrogen-bond donors (Lipinski definition) is 1. The Morgan fingerprint density at radius 1 is 1.06 bits per heavy atom. The number of nitrogens with one attached hydrogen (secondary N) is 1. The fourth-order valence-electron chi connectivity index (χ4n) is 4.52. The summed E-state index contributed by atoms with van der Waals surface area (Å²) in [7, 11) is 5.22. The van der Waals surface area contributed by atoms with Crippen molar-refractivity contribution in [3.05, 3.63) is 71.3 Å². The van der Waals surface area contributed by atoms with Gasteiger partial charge in [-0.1, -0.05) is 30.3 Å². The van der Waals surface area contributed by atoms with Crippen LogP contribution in [0.5, 0.6) is 11.5 Å². The number of fused-ring (bicyclic) bond motifs is 1. The number of alkyl halides is 1. The highest BCUT2D eigenvalue weighted by atomic mass is 19.1. The van der Waals surface area contributed by atoms with E-state index in [1.165, 1.54) is 0 Å². The van der Waals surface area contributed by atoms with Crippen molar-refractivity contribution >= 4 is 16.7 Å². The Morgan fingerprint density at radius 2 is 1.79 bits per heavy atom. The van der Waals surface area contributed by atoms with Crippen molar-refractivity contribution in [3.8, 4) is 11.5 Å². The second kappa shape index (κ2) is 10.0. The minimum atomic E-state index is -0.551. The van der Waals surface area contributed by atoms with Crippen molar-refractivity contribution in [1.82, 2.24) is 10.2 Å². The quantitative estimate of drug-likeness (QED) is 0.561. The van der Waals surface area contributed by atoms with Crippen LogP contribution in [0.4, 0.5) is 4.39 Å². The molecule has 1 N–H and O–H groups in total. The van der Waals surface area contributed by atoms with Crippen LogP contribution in [0.15, 0.2) is 54.6 Å². The molecule has 180 valence electrons. The van der Waals surface area contributed by atoms with Crippen LogP contribution in [0, 0.1) is 6.92 Å². The summed E-state index contributed by atoms with van der Waals surface area (Å²) in [5.74, 6) is 1.42. The second-order valence-corrected chi connectivity index (χ2v) is 9.26. The summed E-state index contributed by atoms with van der Waals surface area (Å²) in [6.45, 7) is 3.51. The maximum atomic E-state index is 13.1. The van der Waals surface area contributed by atoms with Gasteiger partial charge in [-0.2, -0.15) is 0 Å². The van der Waals surface area contributed by atoms with Crippen molar-refractivity contribution in [3.63, 3.8) is 0 Å². The normalized spacial score (nSPS) is 18.7. The lowest BCUT2D eigenvalue weighted by Gasteiger charge is -2.22. The van der Waals surface area contributed by atoms with Gasteiger partial charge >= 0.3 is 0 Å². The van der Waals surface area contributed by atoms with Crippen molar-refractivity contribution < 1.29 is 18.7 Å². The van der Waals surface area contributed by atoms with Gasteiger partial charge in [-0.15, -0.1) is 0 Å². The fraction of sp³-hybridized carbons (Fsp3) is 0.393. The SMILES string of the molecule is CN1CCC(F)C1.COc1ccc(C)c(C(=O)NC2(c3cc(OC)cc4ccccc34)CC2)c1. The van der Waals surface area contributed by atoms with Crippen molar-refractivity contribution in [2.45, 2.75) is 37.9 Å². The van der Waals surface area contributed by atoms with E-state index in [-0.39, 0.29) is 11.4 Å². The number of rotatable bonds is 5. The summed E-state index contributed by atoms with van der Waals surface area (Å²) in [4.78, 5) is 15.1. The van der Waals surface area contributed by atoms with Gasteiger partial charge in [0.1, 0.15) is 17.7 Å². The average molecular weight is 465 g/mol. The van der Waals surface area contributed by atoms with Gasteiger partial charge in [-0.25, -0.2) is 4.39 Å². The van der Waals surface area contributed by atoms with Crippen LogP contribution in [0.2, 0.25) is 0 Å². The van der Waals surface area contributed by atoms with Gasteiger partial charge in [0.05, 0.1) is 19.8 Å².